The van der Waals surface area contributed by atoms with Crippen molar-refractivity contribution in [3.8, 4) is 11.3 Å². The van der Waals surface area contributed by atoms with Crippen molar-refractivity contribution in [2.75, 3.05) is 6.54 Å². The lowest BCUT2D eigenvalue weighted by Gasteiger charge is -2.08. The molecule has 0 aliphatic rings. The summed E-state index contributed by atoms with van der Waals surface area (Å²) in [6, 6.07) is 9.77. The molecule has 0 bridgehead atoms. The Bertz CT molecular complexity index is 1280. The van der Waals surface area contributed by atoms with Crippen molar-refractivity contribution in [1.29, 1.82) is 0 Å². The Morgan fingerprint density at radius 3 is 2.55 bits per heavy atom. The molecule has 0 saturated heterocycles. The first-order valence-electron chi connectivity index (χ1n) is 8.98. The third kappa shape index (κ3) is 5.43. The van der Waals surface area contributed by atoms with Gasteiger partial charge in [-0.2, -0.15) is 5.10 Å². The molecule has 6 nitrogen and oxygen atoms in total. The maximum absolute atomic E-state index is 11.2. The standard InChI is InChI=1S/C21H17Cl3N4O2S/c1-12(2)10-25-21-27(20(11-31-21)16-6-5-15(22)9-18(16)24)26-13(3)14-4-7-17(23)19(8-14)28(29)30/h4-9,11H,1,10H2,2-3H3. The third-order valence-electron chi connectivity index (χ3n) is 4.19. The number of benzene rings is 2. The number of nitrogens with zero attached hydrogens (tertiary/aromatic N) is 4. The number of hydrogen-bond acceptors (Lipinski definition) is 5. The number of aromatic nitrogens is 1. The van der Waals surface area contributed by atoms with Crippen LogP contribution in [0.5, 0.6) is 0 Å². The van der Waals surface area contributed by atoms with Gasteiger partial charge in [-0.3, -0.25) is 15.1 Å². The van der Waals surface area contributed by atoms with Gasteiger partial charge < -0.3 is 0 Å². The van der Waals surface area contributed by atoms with Crippen LogP contribution in [0.25, 0.3) is 11.3 Å². The molecule has 31 heavy (non-hydrogen) atoms. The fourth-order valence-electron chi connectivity index (χ4n) is 2.68. The first kappa shape index (κ1) is 23.2. The van der Waals surface area contributed by atoms with Gasteiger partial charge in [0.15, 0.2) is 0 Å². The van der Waals surface area contributed by atoms with E-state index in [2.05, 4.69) is 11.6 Å². The van der Waals surface area contributed by atoms with Crippen LogP contribution in [-0.2, 0) is 0 Å². The van der Waals surface area contributed by atoms with Crippen molar-refractivity contribution in [2.24, 2.45) is 10.1 Å². The van der Waals surface area contributed by atoms with E-state index in [1.54, 1.807) is 29.8 Å². The van der Waals surface area contributed by atoms with E-state index in [1.807, 2.05) is 18.4 Å². The van der Waals surface area contributed by atoms with E-state index < -0.39 is 4.92 Å². The number of nitro benzene ring substituents is 1. The van der Waals surface area contributed by atoms with Gasteiger partial charge in [0.05, 0.1) is 27.9 Å². The van der Waals surface area contributed by atoms with E-state index in [4.69, 9.17) is 39.9 Å². The first-order valence-corrected chi connectivity index (χ1v) is 11.0. The van der Waals surface area contributed by atoms with Gasteiger partial charge in [0.1, 0.15) is 5.02 Å². The van der Waals surface area contributed by atoms with Gasteiger partial charge in [-0.25, -0.2) is 4.68 Å². The summed E-state index contributed by atoms with van der Waals surface area (Å²) in [5.41, 5.74) is 3.28. The van der Waals surface area contributed by atoms with Crippen LogP contribution in [0.15, 0.2) is 64.0 Å². The summed E-state index contributed by atoms with van der Waals surface area (Å²) in [4.78, 5) is 15.9. The summed E-state index contributed by atoms with van der Waals surface area (Å²) >= 11 is 19.8. The van der Waals surface area contributed by atoms with Crippen molar-refractivity contribution in [1.82, 2.24) is 4.68 Å². The van der Waals surface area contributed by atoms with Gasteiger partial charge in [-0.05, 0) is 38.1 Å². The topological polar surface area (TPSA) is 72.8 Å². The maximum atomic E-state index is 11.2. The van der Waals surface area contributed by atoms with Crippen molar-refractivity contribution < 1.29 is 4.92 Å². The highest BCUT2D eigenvalue weighted by atomic mass is 35.5. The second-order valence-corrected chi connectivity index (χ2v) is 8.81. The Hall–Kier alpha value is -2.45. The smallest absolute Gasteiger partial charge is 0.258 e. The highest BCUT2D eigenvalue weighted by molar-refractivity contribution is 7.07. The molecule has 0 aliphatic carbocycles. The number of thiazole rings is 1. The van der Waals surface area contributed by atoms with Gasteiger partial charge in [0.2, 0.25) is 4.80 Å². The Morgan fingerprint density at radius 2 is 1.90 bits per heavy atom. The molecule has 0 atom stereocenters. The van der Waals surface area contributed by atoms with E-state index in [0.29, 0.717) is 32.7 Å². The molecule has 10 heteroatoms. The zero-order valence-electron chi connectivity index (χ0n) is 16.6. The van der Waals surface area contributed by atoms with Crippen LogP contribution in [0.2, 0.25) is 15.1 Å². The molecule has 0 unspecified atom stereocenters. The summed E-state index contributed by atoms with van der Waals surface area (Å²) < 4.78 is 1.67. The van der Waals surface area contributed by atoms with E-state index in [-0.39, 0.29) is 10.7 Å². The molecule has 0 N–H and O–H groups in total. The van der Waals surface area contributed by atoms with Crippen molar-refractivity contribution in [3.05, 3.63) is 89.5 Å². The summed E-state index contributed by atoms with van der Waals surface area (Å²) in [6.07, 6.45) is 0. The minimum atomic E-state index is -0.524. The molecule has 3 aromatic rings. The zero-order chi connectivity index (χ0) is 22.7. The van der Waals surface area contributed by atoms with Gasteiger partial charge in [-0.15, -0.1) is 11.3 Å². The van der Waals surface area contributed by atoms with Gasteiger partial charge in [0.25, 0.3) is 5.69 Å². The lowest BCUT2D eigenvalue weighted by atomic mass is 10.1. The Balaban J connectivity index is 2.19. The van der Waals surface area contributed by atoms with Crippen LogP contribution in [0, 0.1) is 10.1 Å². The highest BCUT2D eigenvalue weighted by Crippen LogP contribution is 2.31. The SMILES string of the molecule is C=C(C)CN=c1scc(-c2ccc(Cl)cc2Cl)n1N=C(C)c1ccc(Cl)c([N+](=O)[O-])c1. The van der Waals surface area contributed by atoms with Gasteiger partial charge in [0, 0.05) is 27.6 Å². The quantitative estimate of drug-likeness (QED) is 0.163. The lowest BCUT2D eigenvalue weighted by molar-refractivity contribution is -0.384. The first-order chi connectivity index (χ1) is 14.7. The Morgan fingerprint density at radius 1 is 1.16 bits per heavy atom. The normalized spacial score (nSPS) is 12.3. The maximum Gasteiger partial charge on any atom is 0.288 e. The summed E-state index contributed by atoms with van der Waals surface area (Å²) in [6.45, 7) is 7.97. The van der Waals surface area contributed by atoms with Crippen LogP contribution in [0.4, 0.5) is 5.69 Å². The van der Waals surface area contributed by atoms with Gasteiger partial charge >= 0.3 is 0 Å². The van der Waals surface area contributed by atoms with Crippen LogP contribution in [0.1, 0.15) is 19.4 Å². The molecule has 0 saturated carbocycles. The molecule has 3 rings (SSSR count). The van der Waals surface area contributed by atoms with Crippen LogP contribution in [0.3, 0.4) is 0 Å². The van der Waals surface area contributed by atoms with E-state index in [9.17, 15) is 10.1 Å². The molecule has 0 amide bonds. The molecule has 0 spiro atoms. The van der Waals surface area contributed by atoms with Crippen LogP contribution < -0.4 is 4.80 Å². The second-order valence-electron chi connectivity index (χ2n) is 6.72. The molecule has 0 aliphatic heterocycles. The number of nitro groups is 1. The van der Waals surface area contributed by atoms with Crippen LogP contribution in [-0.4, -0.2) is 21.9 Å². The minimum Gasteiger partial charge on any atom is -0.258 e. The lowest BCUT2D eigenvalue weighted by Crippen LogP contribution is -2.15. The van der Waals surface area contributed by atoms with E-state index >= 15 is 0 Å². The van der Waals surface area contributed by atoms with Gasteiger partial charge in [-0.1, -0.05) is 53.0 Å². The molecule has 0 radical (unpaired) electrons. The minimum absolute atomic E-state index is 0.0653. The second kappa shape index (κ2) is 9.78. The predicted molar refractivity (Wildman–Crippen MR) is 129 cm³/mol. The molecule has 1 aromatic heterocycles. The largest absolute Gasteiger partial charge is 0.288 e. The predicted octanol–water partition coefficient (Wildman–Crippen LogP) is 6.83. The third-order valence-corrected chi connectivity index (χ3v) is 5.91. The van der Waals surface area contributed by atoms with Crippen LogP contribution >= 0.6 is 46.1 Å². The van der Waals surface area contributed by atoms with Crippen molar-refractivity contribution >= 4 is 57.5 Å². The Kier molecular flexibility index (Phi) is 7.33. The fourth-order valence-corrected chi connectivity index (χ4v) is 4.19. The molecular weight excluding hydrogens is 479 g/mol. The summed E-state index contributed by atoms with van der Waals surface area (Å²) in [5.74, 6) is 0. The van der Waals surface area contributed by atoms with E-state index in [0.717, 1.165) is 16.8 Å². The zero-order valence-corrected chi connectivity index (χ0v) is 19.7. The number of halogens is 3. The van der Waals surface area contributed by atoms with Crippen molar-refractivity contribution in [3.63, 3.8) is 0 Å². The average Bonchev–Trinajstić information content (AvgIpc) is 3.08. The molecule has 2 aromatic carbocycles. The monoisotopic (exact) mass is 494 g/mol. The number of rotatable bonds is 6. The number of hydrogen-bond donors (Lipinski definition) is 0. The summed E-state index contributed by atoms with van der Waals surface area (Å²) in [7, 11) is 0. The average molecular weight is 496 g/mol. The highest BCUT2D eigenvalue weighted by Gasteiger charge is 2.16. The van der Waals surface area contributed by atoms with Crippen molar-refractivity contribution in [2.45, 2.75) is 13.8 Å². The molecule has 0 fully saturated rings. The Labute approximate surface area is 197 Å². The summed E-state index contributed by atoms with van der Waals surface area (Å²) in [5, 5.41) is 18.9. The molecule has 1 heterocycles. The molecule has 160 valence electrons. The van der Waals surface area contributed by atoms with E-state index in [1.165, 1.54) is 23.5 Å². The fraction of sp³-hybridized carbons (Fsp3) is 0.143. The molecular formula is C21H17Cl3N4O2S.